The molecule has 50 valence electrons. The molecule has 0 saturated heterocycles. The molecular formula is C3H2N6S. The first-order valence-corrected chi connectivity index (χ1v) is 3.34. The van der Waals surface area contributed by atoms with E-state index in [1.165, 1.54) is 22.3 Å². The van der Waals surface area contributed by atoms with Gasteiger partial charge in [-0.15, -0.1) is 15.3 Å². The maximum absolute atomic E-state index is 3.75. The van der Waals surface area contributed by atoms with Crippen LogP contribution < -0.4 is 0 Å². The Morgan fingerprint density at radius 2 is 2.40 bits per heavy atom. The molecule has 0 unspecified atom stereocenters. The van der Waals surface area contributed by atoms with Crippen LogP contribution in [0.5, 0.6) is 0 Å². The molecule has 0 aliphatic heterocycles. The van der Waals surface area contributed by atoms with Gasteiger partial charge in [-0.2, -0.15) is 4.68 Å². The van der Waals surface area contributed by atoms with Crippen LogP contribution in [0.4, 0.5) is 0 Å². The summed E-state index contributed by atoms with van der Waals surface area (Å²) in [5.74, 6) is 0. The smallest absolute Gasteiger partial charge is 0.171 e. The fraction of sp³-hybridized carbons (Fsp3) is 0. The Bertz CT molecular complexity index is 252. The van der Waals surface area contributed by atoms with E-state index in [4.69, 9.17) is 0 Å². The summed E-state index contributed by atoms with van der Waals surface area (Å²) in [5.41, 5.74) is 1.62. The zero-order valence-corrected chi connectivity index (χ0v) is 5.56. The topological polar surface area (TPSA) is 69.4 Å². The van der Waals surface area contributed by atoms with E-state index in [0.717, 1.165) is 0 Å². The lowest BCUT2D eigenvalue weighted by atomic mass is 11.1. The van der Waals surface area contributed by atoms with Crippen molar-refractivity contribution in [2.24, 2.45) is 0 Å². The molecule has 0 saturated carbocycles. The van der Waals surface area contributed by atoms with Crippen molar-refractivity contribution < 1.29 is 0 Å². The first kappa shape index (κ1) is 5.42. The summed E-state index contributed by atoms with van der Waals surface area (Å²) in [5, 5.41) is 18.6. The molecule has 0 spiro atoms. The lowest BCUT2D eigenvalue weighted by molar-refractivity contribution is 0.774. The summed E-state index contributed by atoms with van der Waals surface area (Å²) in [6, 6.07) is 0. The monoisotopic (exact) mass is 154 g/mol. The van der Waals surface area contributed by atoms with Gasteiger partial charge in [0.15, 0.2) is 0 Å². The highest BCUT2D eigenvalue weighted by Gasteiger charge is 1.98. The number of nitrogens with zero attached hydrogens (tertiary/aromatic N) is 6. The second kappa shape index (κ2) is 2.10. The van der Waals surface area contributed by atoms with Crippen LogP contribution in [-0.2, 0) is 0 Å². The molecule has 0 atom stereocenters. The van der Waals surface area contributed by atoms with Gasteiger partial charge in [0.1, 0.15) is 11.8 Å². The fourth-order valence-corrected chi connectivity index (χ4v) is 0.990. The zero-order chi connectivity index (χ0) is 6.81. The standard InChI is InChI=1S/C3H2N6S/c1-4-7-8-9(1)3-6-5-2-10-3/h1-2H. The van der Waals surface area contributed by atoms with Gasteiger partial charge in [-0.05, 0) is 10.4 Å². The molecule has 0 amide bonds. The molecule has 0 bridgehead atoms. The Hall–Kier alpha value is -1.37. The summed E-state index contributed by atoms with van der Waals surface area (Å²) in [6.07, 6.45) is 1.47. The minimum atomic E-state index is 0.671. The third kappa shape index (κ3) is 0.760. The average molecular weight is 154 g/mol. The molecule has 0 N–H and O–H groups in total. The van der Waals surface area contributed by atoms with E-state index in [1.54, 1.807) is 5.51 Å². The van der Waals surface area contributed by atoms with Crippen molar-refractivity contribution in [1.82, 2.24) is 30.4 Å². The molecule has 2 aromatic rings. The summed E-state index contributed by atoms with van der Waals surface area (Å²) in [7, 11) is 0. The Balaban J connectivity index is 2.48. The van der Waals surface area contributed by atoms with E-state index in [9.17, 15) is 0 Å². The molecule has 0 aliphatic carbocycles. The van der Waals surface area contributed by atoms with Gasteiger partial charge in [0, 0.05) is 0 Å². The third-order valence-electron chi connectivity index (χ3n) is 0.894. The van der Waals surface area contributed by atoms with Gasteiger partial charge < -0.3 is 0 Å². The van der Waals surface area contributed by atoms with Gasteiger partial charge in [-0.25, -0.2) is 0 Å². The van der Waals surface area contributed by atoms with Crippen molar-refractivity contribution in [2.45, 2.75) is 0 Å². The zero-order valence-electron chi connectivity index (χ0n) is 4.75. The maximum atomic E-state index is 3.75. The van der Waals surface area contributed by atoms with Crippen molar-refractivity contribution in [3.8, 4) is 5.13 Å². The highest BCUT2D eigenvalue weighted by Crippen LogP contribution is 2.04. The second-order valence-electron chi connectivity index (χ2n) is 1.48. The van der Waals surface area contributed by atoms with Gasteiger partial charge in [-0.1, -0.05) is 11.3 Å². The van der Waals surface area contributed by atoms with Crippen LogP contribution in [0.2, 0.25) is 0 Å². The summed E-state index contributed by atoms with van der Waals surface area (Å²) >= 11 is 1.38. The summed E-state index contributed by atoms with van der Waals surface area (Å²) in [6.45, 7) is 0. The van der Waals surface area contributed by atoms with E-state index >= 15 is 0 Å². The van der Waals surface area contributed by atoms with Crippen LogP contribution in [0, 0.1) is 0 Å². The molecule has 0 fully saturated rings. The third-order valence-corrected chi connectivity index (χ3v) is 1.57. The highest BCUT2D eigenvalue weighted by molar-refractivity contribution is 7.11. The van der Waals surface area contributed by atoms with Gasteiger partial charge >= 0.3 is 0 Å². The predicted molar refractivity (Wildman–Crippen MR) is 32.6 cm³/mol. The van der Waals surface area contributed by atoms with Crippen LogP contribution in [0.15, 0.2) is 11.8 Å². The average Bonchev–Trinajstić information content (AvgIpc) is 2.59. The lowest BCUT2D eigenvalue weighted by Crippen LogP contribution is -1.93. The van der Waals surface area contributed by atoms with Gasteiger partial charge in [0.2, 0.25) is 5.13 Å². The molecule has 2 rings (SSSR count). The summed E-state index contributed by atoms with van der Waals surface area (Å²) in [4.78, 5) is 0. The molecule has 0 radical (unpaired) electrons. The van der Waals surface area contributed by atoms with E-state index in [1.807, 2.05) is 0 Å². The molecule has 2 aromatic heterocycles. The van der Waals surface area contributed by atoms with E-state index in [-0.39, 0.29) is 0 Å². The number of rotatable bonds is 1. The van der Waals surface area contributed by atoms with Gasteiger partial charge in [0.25, 0.3) is 0 Å². The van der Waals surface area contributed by atoms with Gasteiger partial charge in [0.05, 0.1) is 0 Å². The first-order chi connectivity index (χ1) is 4.97. The number of hydrogen-bond donors (Lipinski definition) is 0. The molecule has 10 heavy (non-hydrogen) atoms. The first-order valence-electron chi connectivity index (χ1n) is 2.46. The summed E-state index contributed by atoms with van der Waals surface area (Å²) < 4.78 is 1.46. The van der Waals surface area contributed by atoms with E-state index < -0.39 is 0 Å². The quantitative estimate of drug-likeness (QED) is 0.554. The Morgan fingerprint density at radius 3 is 3.00 bits per heavy atom. The molecule has 0 aromatic carbocycles. The lowest BCUT2D eigenvalue weighted by Gasteiger charge is -1.84. The van der Waals surface area contributed by atoms with E-state index in [2.05, 4.69) is 25.7 Å². The minimum Gasteiger partial charge on any atom is -0.171 e. The maximum Gasteiger partial charge on any atom is 0.235 e. The van der Waals surface area contributed by atoms with Crippen molar-refractivity contribution in [3.05, 3.63) is 11.8 Å². The minimum absolute atomic E-state index is 0.671. The van der Waals surface area contributed by atoms with Crippen LogP contribution >= 0.6 is 11.3 Å². The molecule has 7 heteroatoms. The van der Waals surface area contributed by atoms with Gasteiger partial charge in [-0.3, -0.25) is 0 Å². The normalized spacial score (nSPS) is 10.0. The molecule has 6 nitrogen and oxygen atoms in total. The van der Waals surface area contributed by atoms with Crippen molar-refractivity contribution in [2.75, 3.05) is 0 Å². The van der Waals surface area contributed by atoms with Crippen molar-refractivity contribution in [1.29, 1.82) is 0 Å². The fourth-order valence-electron chi connectivity index (χ4n) is 0.516. The van der Waals surface area contributed by atoms with Crippen molar-refractivity contribution >= 4 is 11.3 Å². The largest absolute Gasteiger partial charge is 0.235 e. The van der Waals surface area contributed by atoms with Crippen LogP contribution in [0.1, 0.15) is 0 Å². The van der Waals surface area contributed by atoms with E-state index in [0.29, 0.717) is 5.13 Å². The Kier molecular flexibility index (Phi) is 1.14. The number of hydrogen-bond acceptors (Lipinski definition) is 6. The Morgan fingerprint density at radius 1 is 1.40 bits per heavy atom. The Labute approximate surface area is 59.5 Å². The number of aromatic nitrogens is 6. The molecular weight excluding hydrogens is 152 g/mol. The number of tetrazole rings is 1. The molecule has 2 heterocycles. The van der Waals surface area contributed by atoms with Crippen LogP contribution in [-0.4, -0.2) is 30.4 Å². The SMILES string of the molecule is c1nnc(-n2cnnn2)s1. The molecule has 0 aliphatic rings. The van der Waals surface area contributed by atoms with Crippen LogP contribution in [0.3, 0.4) is 0 Å². The second-order valence-corrected chi connectivity index (χ2v) is 2.29. The van der Waals surface area contributed by atoms with Crippen molar-refractivity contribution in [3.63, 3.8) is 0 Å². The predicted octanol–water partition coefficient (Wildman–Crippen LogP) is -0.486. The van der Waals surface area contributed by atoms with Crippen LogP contribution in [0.25, 0.3) is 5.13 Å². The highest BCUT2D eigenvalue weighted by atomic mass is 32.1.